The average Bonchev–Trinajstić information content (AvgIpc) is 3.16. The van der Waals surface area contributed by atoms with Gasteiger partial charge in [-0.3, -0.25) is 9.69 Å². The van der Waals surface area contributed by atoms with E-state index in [1.165, 1.54) is 48.9 Å². The molecule has 1 aliphatic heterocycles. The number of esters is 1. The van der Waals surface area contributed by atoms with Crippen molar-refractivity contribution < 1.29 is 27.2 Å². The molecule has 1 aromatic carbocycles. The number of ketones is 1. The van der Waals surface area contributed by atoms with Crippen LogP contribution >= 0.6 is 0 Å². The molecule has 3 rings (SSSR count). The van der Waals surface area contributed by atoms with Crippen molar-refractivity contribution >= 4 is 21.8 Å². The number of hydrogen-bond donors (Lipinski definition) is 0. The SMILES string of the molecule is COC(=O)c1ccoc1CN1CCN(S(=O)(=O)c2ccc(C(C)=O)cc2)CC1. The quantitative estimate of drug-likeness (QED) is 0.533. The third kappa shape index (κ3) is 4.16. The van der Waals surface area contributed by atoms with Crippen LogP contribution < -0.4 is 0 Å². The smallest absolute Gasteiger partial charge is 0.341 e. The zero-order chi connectivity index (χ0) is 20.3. The number of benzene rings is 1. The number of carbonyl (C=O) groups is 2. The van der Waals surface area contributed by atoms with Crippen molar-refractivity contribution in [1.29, 1.82) is 0 Å². The fourth-order valence-corrected chi connectivity index (χ4v) is 4.52. The van der Waals surface area contributed by atoms with E-state index < -0.39 is 16.0 Å². The number of piperazine rings is 1. The Hall–Kier alpha value is -2.49. The molecular formula is C19H22N2O6S. The van der Waals surface area contributed by atoms with Gasteiger partial charge in [-0.25, -0.2) is 13.2 Å². The minimum Gasteiger partial charge on any atom is -0.467 e. The molecule has 28 heavy (non-hydrogen) atoms. The highest BCUT2D eigenvalue weighted by Gasteiger charge is 2.29. The van der Waals surface area contributed by atoms with Gasteiger partial charge in [0.05, 0.1) is 24.8 Å². The summed E-state index contributed by atoms with van der Waals surface area (Å²) in [6, 6.07) is 7.54. The second-order valence-electron chi connectivity index (χ2n) is 6.51. The number of carbonyl (C=O) groups excluding carboxylic acids is 2. The van der Waals surface area contributed by atoms with Crippen molar-refractivity contribution in [3.8, 4) is 0 Å². The monoisotopic (exact) mass is 406 g/mol. The molecular weight excluding hydrogens is 384 g/mol. The number of hydrogen-bond acceptors (Lipinski definition) is 7. The number of methoxy groups -OCH3 is 1. The van der Waals surface area contributed by atoms with Crippen LogP contribution in [-0.4, -0.2) is 62.7 Å². The first-order valence-corrected chi connectivity index (χ1v) is 10.2. The van der Waals surface area contributed by atoms with Crippen LogP contribution in [0.5, 0.6) is 0 Å². The van der Waals surface area contributed by atoms with E-state index >= 15 is 0 Å². The van der Waals surface area contributed by atoms with Crippen molar-refractivity contribution in [2.24, 2.45) is 0 Å². The maximum absolute atomic E-state index is 12.8. The number of ether oxygens (including phenoxy) is 1. The predicted molar refractivity (Wildman–Crippen MR) is 101 cm³/mol. The Morgan fingerprint density at radius 2 is 1.71 bits per heavy atom. The Balaban J connectivity index is 1.64. The number of Topliss-reactive ketones (excluding diaryl/α,β-unsaturated/α-hetero) is 1. The number of sulfonamides is 1. The van der Waals surface area contributed by atoms with E-state index in [0.717, 1.165) is 0 Å². The summed E-state index contributed by atoms with van der Waals surface area (Å²) < 4.78 is 37.2. The molecule has 9 heteroatoms. The summed E-state index contributed by atoms with van der Waals surface area (Å²) in [6.07, 6.45) is 1.44. The Labute approximate surface area is 163 Å². The summed E-state index contributed by atoms with van der Waals surface area (Å²) in [5, 5.41) is 0. The molecule has 0 radical (unpaired) electrons. The third-order valence-electron chi connectivity index (χ3n) is 4.75. The fourth-order valence-electron chi connectivity index (χ4n) is 3.10. The van der Waals surface area contributed by atoms with E-state index in [1.54, 1.807) is 6.07 Å². The molecule has 1 fully saturated rings. The van der Waals surface area contributed by atoms with Gasteiger partial charge in [0, 0.05) is 31.7 Å². The van der Waals surface area contributed by atoms with Gasteiger partial charge < -0.3 is 9.15 Å². The van der Waals surface area contributed by atoms with Crippen LogP contribution in [0.2, 0.25) is 0 Å². The molecule has 150 valence electrons. The van der Waals surface area contributed by atoms with Gasteiger partial charge in [-0.05, 0) is 25.1 Å². The van der Waals surface area contributed by atoms with Gasteiger partial charge in [-0.15, -0.1) is 0 Å². The van der Waals surface area contributed by atoms with Crippen LogP contribution in [0, 0.1) is 0 Å². The van der Waals surface area contributed by atoms with E-state index in [2.05, 4.69) is 0 Å². The maximum Gasteiger partial charge on any atom is 0.341 e. The van der Waals surface area contributed by atoms with E-state index in [-0.39, 0.29) is 10.7 Å². The zero-order valence-electron chi connectivity index (χ0n) is 15.8. The predicted octanol–water partition coefficient (Wildman–Crippen LogP) is 1.78. The topological polar surface area (TPSA) is 97.1 Å². The van der Waals surface area contributed by atoms with Crippen molar-refractivity contribution in [2.45, 2.75) is 18.4 Å². The molecule has 0 saturated carbocycles. The van der Waals surface area contributed by atoms with Crippen LogP contribution in [0.4, 0.5) is 0 Å². The number of nitrogens with zero attached hydrogens (tertiary/aromatic N) is 2. The van der Waals surface area contributed by atoms with Crippen LogP contribution in [0.15, 0.2) is 45.9 Å². The minimum atomic E-state index is -3.62. The van der Waals surface area contributed by atoms with Gasteiger partial charge in [0.15, 0.2) is 5.78 Å². The zero-order valence-corrected chi connectivity index (χ0v) is 16.6. The molecule has 0 N–H and O–H groups in total. The van der Waals surface area contributed by atoms with E-state index in [0.29, 0.717) is 49.6 Å². The van der Waals surface area contributed by atoms with E-state index in [4.69, 9.17) is 9.15 Å². The molecule has 1 saturated heterocycles. The lowest BCUT2D eigenvalue weighted by Crippen LogP contribution is -2.48. The Morgan fingerprint density at radius 1 is 1.07 bits per heavy atom. The number of rotatable bonds is 6. The Bertz CT molecular complexity index is 957. The normalized spacial score (nSPS) is 16.1. The summed E-state index contributed by atoms with van der Waals surface area (Å²) in [4.78, 5) is 25.3. The molecule has 8 nitrogen and oxygen atoms in total. The molecule has 1 aromatic heterocycles. The van der Waals surface area contributed by atoms with Crippen LogP contribution in [0.3, 0.4) is 0 Å². The minimum absolute atomic E-state index is 0.109. The lowest BCUT2D eigenvalue weighted by atomic mass is 10.2. The second-order valence-corrected chi connectivity index (χ2v) is 8.45. The van der Waals surface area contributed by atoms with Crippen LogP contribution in [0.25, 0.3) is 0 Å². The lowest BCUT2D eigenvalue weighted by Gasteiger charge is -2.33. The standard InChI is InChI=1S/C19H22N2O6S/c1-14(22)15-3-5-16(6-4-15)28(24,25)21-10-8-20(9-11-21)13-18-17(7-12-27-18)19(23)26-2/h3-7,12H,8-11,13H2,1-2H3. The largest absolute Gasteiger partial charge is 0.467 e. The molecule has 0 spiro atoms. The average molecular weight is 406 g/mol. The lowest BCUT2D eigenvalue weighted by molar-refractivity contribution is 0.0595. The summed E-state index contributed by atoms with van der Waals surface area (Å²) in [6.45, 7) is 3.50. The summed E-state index contributed by atoms with van der Waals surface area (Å²) in [5.41, 5.74) is 0.853. The van der Waals surface area contributed by atoms with Crippen molar-refractivity contribution in [3.63, 3.8) is 0 Å². The van der Waals surface area contributed by atoms with Crippen molar-refractivity contribution in [2.75, 3.05) is 33.3 Å². The highest BCUT2D eigenvalue weighted by atomic mass is 32.2. The molecule has 0 atom stereocenters. The van der Waals surface area contributed by atoms with Crippen LogP contribution in [0.1, 0.15) is 33.4 Å². The molecule has 0 unspecified atom stereocenters. The molecule has 2 aromatic rings. The first-order chi connectivity index (χ1) is 13.3. The maximum atomic E-state index is 12.8. The molecule has 0 bridgehead atoms. The summed E-state index contributed by atoms with van der Waals surface area (Å²) in [5.74, 6) is -0.0660. The first kappa shape index (κ1) is 20.2. The van der Waals surface area contributed by atoms with Gasteiger partial charge in [0.25, 0.3) is 0 Å². The molecule has 1 aliphatic rings. The first-order valence-electron chi connectivity index (χ1n) is 8.81. The second kappa shape index (κ2) is 8.26. The summed E-state index contributed by atoms with van der Waals surface area (Å²) in [7, 11) is -2.31. The highest BCUT2D eigenvalue weighted by Crippen LogP contribution is 2.20. The number of furan rings is 1. The molecule has 0 aliphatic carbocycles. The third-order valence-corrected chi connectivity index (χ3v) is 6.66. The molecule has 2 heterocycles. The molecule has 0 amide bonds. The van der Waals surface area contributed by atoms with E-state index in [1.807, 2.05) is 4.90 Å². The Morgan fingerprint density at radius 3 is 2.29 bits per heavy atom. The van der Waals surface area contributed by atoms with Crippen LogP contribution in [-0.2, 0) is 21.3 Å². The summed E-state index contributed by atoms with van der Waals surface area (Å²) >= 11 is 0. The van der Waals surface area contributed by atoms with E-state index in [9.17, 15) is 18.0 Å². The Kier molecular flexibility index (Phi) is 5.97. The fraction of sp³-hybridized carbons (Fsp3) is 0.368. The van der Waals surface area contributed by atoms with Gasteiger partial charge in [-0.2, -0.15) is 4.31 Å². The highest BCUT2D eigenvalue weighted by molar-refractivity contribution is 7.89. The van der Waals surface area contributed by atoms with Gasteiger partial charge in [0.1, 0.15) is 11.3 Å². The van der Waals surface area contributed by atoms with Crippen molar-refractivity contribution in [3.05, 3.63) is 53.5 Å². The van der Waals surface area contributed by atoms with Gasteiger partial charge in [0.2, 0.25) is 10.0 Å². The van der Waals surface area contributed by atoms with Gasteiger partial charge in [-0.1, -0.05) is 12.1 Å². The van der Waals surface area contributed by atoms with Crippen molar-refractivity contribution in [1.82, 2.24) is 9.21 Å². The van der Waals surface area contributed by atoms with Gasteiger partial charge >= 0.3 is 5.97 Å².